The van der Waals surface area contributed by atoms with Gasteiger partial charge in [-0.1, -0.05) is 0 Å². The largest absolute Gasteiger partial charge is 0.479 e. The molecule has 0 radical (unpaired) electrons. The molecule has 8 aliphatic heterocycles. The Balaban J connectivity index is 1.08. The summed E-state index contributed by atoms with van der Waals surface area (Å²) in [5, 5.41) is 205. The Morgan fingerprint density at radius 3 is 0.862 bits per heavy atom. The Labute approximate surface area is 647 Å². The molecule has 0 aromatic rings. The zero-order chi connectivity index (χ0) is 87.2. The minimum atomic E-state index is -6.25. The summed E-state index contributed by atoms with van der Waals surface area (Å²) in [6.07, 6.45) is -97.4. The lowest BCUT2D eigenvalue weighted by Crippen LogP contribution is -2.71. The highest BCUT2D eigenvalue weighted by atomic mass is 32.3. The van der Waals surface area contributed by atoms with E-state index < -0.39 is 358 Å². The number of aliphatic hydroxyl groups excluding tert-OH is 15. The quantitative estimate of drug-likeness (QED) is 0.0262. The molecule has 8 fully saturated rings. The van der Waals surface area contributed by atoms with Gasteiger partial charge in [0, 0.05) is 0 Å². The fraction of sp³-hybridized carbons (Fsp3) is 0.917. The zero-order valence-electron chi connectivity index (χ0n) is 57.1. The van der Waals surface area contributed by atoms with Crippen LogP contribution in [0.4, 0.5) is 0 Å². The normalized spacial score (nSPS) is 43.8. The minimum Gasteiger partial charge on any atom is -0.479 e. The number of hydrogen-bond donors (Lipinski definition) is 28. The van der Waals surface area contributed by atoms with Gasteiger partial charge in [0.15, 0.2) is 80.7 Å². The molecule has 8 saturated heterocycles. The van der Waals surface area contributed by atoms with E-state index in [1.165, 1.54) is 14.2 Å². The third-order valence-corrected chi connectivity index (χ3v) is 21.1. The molecule has 674 valence electrons. The summed E-state index contributed by atoms with van der Waals surface area (Å²) in [6, 6.07) is -8.67. The lowest BCUT2D eigenvalue weighted by atomic mass is 9.94. The highest BCUT2D eigenvalue weighted by Crippen LogP contribution is 2.41. The van der Waals surface area contributed by atoms with Gasteiger partial charge in [0.05, 0.1) is 33.0 Å². The number of ether oxygens (including phenoxy) is 15. The average Bonchev–Trinajstić information content (AvgIpc) is 1.08. The summed E-state index contributed by atoms with van der Waals surface area (Å²) >= 11 is 0. The van der Waals surface area contributed by atoms with Crippen molar-refractivity contribution in [2.45, 2.75) is 239 Å². The highest BCUT2D eigenvalue weighted by Gasteiger charge is 2.64. The number of aliphatic hydroxyl groups is 15. The molecule has 39 atom stereocenters. The first-order chi connectivity index (χ1) is 53.4. The van der Waals surface area contributed by atoms with Crippen molar-refractivity contribution in [1.29, 1.82) is 0 Å². The lowest BCUT2D eigenvalue weighted by molar-refractivity contribution is -0.378. The summed E-state index contributed by atoms with van der Waals surface area (Å²) < 4.78 is 307. The molecule has 28 N–H and O–H groups in total. The summed E-state index contributed by atoms with van der Waals surface area (Å²) in [4.78, 5) is 50.9. The number of carboxylic acids is 4. The SMILES string of the molecule is O=C(O)[C@H]1O[C@@H](O[C@H]2[C@H](O)[C@@H](NS(=O)(=O)O)[C@@H](O[C@H]3[C@H](O)[C@@H](OS(=O)(=O)O)[C@H](O[C@H]4[C@H](O)[C@@H](NS(=O)(=O)O)[C@@H](O[C@H]5[C@H](O)[C@@H](OS(=O)(=O)O)[C@H](O[C@H]6[C@H](O)[C@@H](NS(=O)(=O)O)[C@@H](O[C@H]7[C@H](O)[C@@H](O)[C@H](O[C@H]8[C@H](O)[C@@H](CO)O[C@@H]8CO)O[C@@H]7C(=O)O)O[C@@H]6CO)O[C@H]5C(=O)O)O[C@@H]4COS(=O)(=O)O)O[C@H]3C(=O)O)O[C@@H]2CO)[C@H](O)[C@@H](O)[C@@H]1O. The van der Waals surface area contributed by atoms with E-state index in [1.54, 1.807) is 0 Å². The van der Waals surface area contributed by atoms with Crippen LogP contribution in [0.3, 0.4) is 0 Å². The first-order valence-electron chi connectivity index (χ1n) is 32.3. The molecule has 0 aromatic carbocycles. The fourth-order valence-electron chi connectivity index (χ4n) is 13.0. The number of nitrogens with one attached hydrogen (secondary N) is 3. The first kappa shape index (κ1) is 97.3. The number of hydrogen-bond acceptors (Lipinski definition) is 49. The molecule has 0 aliphatic carbocycles. The predicted molar refractivity (Wildman–Crippen MR) is 334 cm³/mol. The van der Waals surface area contributed by atoms with Gasteiger partial charge in [-0.25, -0.2) is 31.7 Å². The molecule has 0 spiro atoms. The molecular formula is C48H77N3O59S6. The molecule has 0 aromatic heterocycles. The molecule has 8 heterocycles. The van der Waals surface area contributed by atoms with Crippen molar-refractivity contribution in [3.8, 4) is 0 Å². The Bertz CT molecular complexity index is 4100. The molecule has 0 unspecified atom stereocenters. The fourth-order valence-corrected chi connectivity index (χ4v) is 16.0. The Morgan fingerprint density at radius 1 is 0.267 bits per heavy atom. The standard InChI is InChI=1S/C48H77N3O59S6/c52-1-6-14(56)25(7(2-53)94-6)98-46-22(64)20(62)29(35(106-46)39(69)70)102-42-12(50-112(78,79)80)16(58)27(9(4-55)96-42)100-47-33(109-115(87,88)89)24(66)31(37(107-47)41(73)74)104-44-13(51-113(81,82)83)17(59)28(10(97-44)5-93-114(84,85)86)101-48-34(110-116(90,91)92)23(65)30(36(108-48)40(71)72)103-43-11(49-111(75,76)77)15(57)26(8(3-54)95-43)99-45-21(63)18(60)19(61)32(105-45)38(67)68/h6-37,42-66H,1-5H2,(H,67,68)(H,69,70)(H,71,72)(H,73,74)(H,75,76,77)(H,78,79,80)(H,81,82,83)(H,84,85,86)(H,87,88,89)(H,90,91,92)/t6-,7-,8-,9-,10-,11-,12-,13-,14-,15-,16-,17-,18+,19+,20-,21-,22-,23+,24+,25-,26-,27-,28-,29+,30+,31+,32+,33-,34-,35+,36-,37-,42-,43-,44-,45-,46-,47-,48-/m1/s1. The van der Waals surface area contributed by atoms with E-state index in [2.05, 4.69) is 12.5 Å². The van der Waals surface area contributed by atoms with Crippen LogP contribution in [0.2, 0.25) is 0 Å². The molecule has 62 nitrogen and oxygen atoms in total. The Morgan fingerprint density at radius 2 is 0.543 bits per heavy atom. The molecule has 0 amide bonds. The molecule has 0 bridgehead atoms. The van der Waals surface area contributed by atoms with Gasteiger partial charge >= 0.3 is 86.0 Å². The van der Waals surface area contributed by atoms with Crippen molar-refractivity contribution in [3.05, 3.63) is 0 Å². The number of rotatable bonds is 35. The van der Waals surface area contributed by atoms with Gasteiger partial charge in [-0.15, -0.1) is 0 Å². The van der Waals surface area contributed by atoms with Crippen molar-refractivity contribution in [2.75, 3.05) is 33.0 Å². The van der Waals surface area contributed by atoms with Crippen LogP contribution < -0.4 is 14.2 Å². The number of aliphatic carboxylic acids is 4. The van der Waals surface area contributed by atoms with Crippen molar-refractivity contribution in [2.24, 2.45) is 0 Å². The van der Waals surface area contributed by atoms with Crippen LogP contribution in [-0.2, 0) is 165 Å². The first-order valence-corrected chi connectivity index (χ1v) is 40.7. The summed E-state index contributed by atoms with van der Waals surface area (Å²) in [6.45, 7) is -6.96. The summed E-state index contributed by atoms with van der Waals surface area (Å²) in [5.74, 6) is -9.17. The van der Waals surface area contributed by atoms with E-state index in [4.69, 9.17) is 71.1 Å². The van der Waals surface area contributed by atoms with Crippen LogP contribution in [-0.4, -0.2) is 471 Å². The van der Waals surface area contributed by atoms with Crippen molar-refractivity contribution in [3.63, 3.8) is 0 Å². The monoisotopic (exact) mass is 1830 g/mol. The average molecular weight is 1830 g/mol. The highest BCUT2D eigenvalue weighted by molar-refractivity contribution is 7.84. The Kier molecular flexibility index (Phi) is 32.2. The van der Waals surface area contributed by atoms with Crippen molar-refractivity contribution < 1.29 is 278 Å². The maximum Gasteiger partial charge on any atom is 0.397 e. The lowest BCUT2D eigenvalue weighted by Gasteiger charge is -2.50. The van der Waals surface area contributed by atoms with E-state index in [9.17, 15) is 194 Å². The van der Waals surface area contributed by atoms with Crippen molar-refractivity contribution >= 4 is 86.0 Å². The van der Waals surface area contributed by atoms with E-state index >= 15 is 0 Å². The molecule has 116 heavy (non-hydrogen) atoms. The van der Waals surface area contributed by atoms with Gasteiger partial charge < -0.3 is 168 Å². The van der Waals surface area contributed by atoms with E-state index in [1.807, 2.05) is 0 Å². The van der Waals surface area contributed by atoms with E-state index in [-0.39, 0.29) is 0 Å². The van der Waals surface area contributed by atoms with E-state index in [0.29, 0.717) is 0 Å². The minimum absolute atomic E-state index is 0.890. The molecule has 8 rings (SSSR count). The molecule has 68 heteroatoms. The predicted octanol–water partition coefficient (Wildman–Crippen LogP) is -19.7. The second-order valence-electron chi connectivity index (χ2n) is 25.8. The van der Waals surface area contributed by atoms with Crippen LogP contribution in [0.15, 0.2) is 0 Å². The van der Waals surface area contributed by atoms with Crippen molar-refractivity contribution in [1.82, 2.24) is 14.2 Å². The maximum absolute atomic E-state index is 13.3. The second kappa shape index (κ2) is 38.3. The van der Waals surface area contributed by atoms with Gasteiger partial charge in [0.2, 0.25) is 0 Å². The molecular weight excluding hydrogens is 1750 g/mol. The van der Waals surface area contributed by atoms with Gasteiger partial charge in [-0.2, -0.15) is 64.7 Å². The van der Waals surface area contributed by atoms with E-state index in [0.717, 1.165) is 0 Å². The van der Waals surface area contributed by atoms with Crippen LogP contribution in [0.5, 0.6) is 0 Å². The van der Waals surface area contributed by atoms with Gasteiger partial charge in [-0.3, -0.25) is 27.3 Å². The van der Waals surface area contributed by atoms with Gasteiger partial charge in [0.25, 0.3) is 0 Å². The van der Waals surface area contributed by atoms with Gasteiger partial charge in [0.1, 0.15) is 159 Å². The van der Waals surface area contributed by atoms with Crippen LogP contribution in [0, 0.1) is 0 Å². The van der Waals surface area contributed by atoms with Crippen LogP contribution >= 0.6 is 0 Å². The Hall–Kier alpha value is -4.10. The summed E-state index contributed by atoms with van der Waals surface area (Å²) in [7, 11) is -36.1. The summed E-state index contributed by atoms with van der Waals surface area (Å²) in [5.41, 5.74) is 0. The third-order valence-electron chi connectivity index (χ3n) is 18.0. The molecule has 0 saturated carbocycles. The topological polar surface area (TPSA) is 981 Å². The molecule has 8 aliphatic rings. The number of carboxylic acid groups (broad SMARTS) is 4. The van der Waals surface area contributed by atoms with Crippen LogP contribution in [0.25, 0.3) is 0 Å². The number of carbonyl (C=O) groups is 4. The third kappa shape index (κ3) is 23.6. The van der Waals surface area contributed by atoms with Crippen LogP contribution in [0.1, 0.15) is 0 Å². The smallest absolute Gasteiger partial charge is 0.397 e. The maximum atomic E-state index is 13.3. The van der Waals surface area contributed by atoms with Gasteiger partial charge in [-0.05, 0) is 0 Å². The second-order valence-corrected chi connectivity index (χ2v) is 32.5. The zero-order valence-corrected chi connectivity index (χ0v) is 62.0.